The van der Waals surface area contributed by atoms with Crippen LogP contribution >= 0.6 is 11.8 Å². The van der Waals surface area contributed by atoms with Crippen molar-refractivity contribution in [2.24, 2.45) is 4.99 Å². The molecule has 9 heteroatoms. The molecule has 0 saturated heterocycles. The number of hydrogen-bond donors (Lipinski definition) is 3. The summed E-state index contributed by atoms with van der Waals surface area (Å²) in [5, 5.41) is 8.28. The van der Waals surface area contributed by atoms with Crippen LogP contribution in [0.4, 0.5) is 18.9 Å². The summed E-state index contributed by atoms with van der Waals surface area (Å²) in [6.07, 6.45) is 2.00. The van der Waals surface area contributed by atoms with Crippen LogP contribution in [0, 0.1) is 17.5 Å². The Balaban J connectivity index is 2.70. The number of carbonyl (C=O) groups is 1. The fourth-order valence-electron chi connectivity index (χ4n) is 1.67. The Kier molecular flexibility index (Phi) is 8.08. The van der Waals surface area contributed by atoms with Crippen molar-refractivity contribution in [1.29, 1.82) is 0 Å². The van der Waals surface area contributed by atoms with Crippen molar-refractivity contribution < 1.29 is 18.0 Å². The third-order valence-corrected chi connectivity index (χ3v) is 4.52. The van der Waals surface area contributed by atoms with Crippen LogP contribution in [-0.2, 0) is 4.79 Å². The molecule has 1 amide bonds. The maximum absolute atomic E-state index is 13.5. The third kappa shape index (κ3) is 6.85. The van der Waals surface area contributed by atoms with Gasteiger partial charge in [-0.05, 0) is 39.2 Å². The summed E-state index contributed by atoms with van der Waals surface area (Å²) in [7, 11) is 0. The lowest BCUT2D eigenvalue weighted by Gasteiger charge is -2.23. The molecule has 1 aromatic rings. The average molecular weight is 376 g/mol. The molecule has 25 heavy (non-hydrogen) atoms. The zero-order valence-electron chi connectivity index (χ0n) is 14.7. The van der Waals surface area contributed by atoms with Crippen molar-refractivity contribution >= 4 is 29.3 Å². The van der Waals surface area contributed by atoms with Crippen molar-refractivity contribution in [2.45, 2.75) is 25.5 Å². The molecule has 0 aliphatic carbocycles. The highest BCUT2D eigenvalue weighted by atomic mass is 32.2. The van der Waals surface area contributed by atoms with Gasteiger partial charge in [0.15, 0.2) is 23.4 Å². The van der Waals surface area contributed by atoms with Gasteiger partial charge in [-0.2, -0.15) is 11.8 Å². The second-order valence-corrected chi connectivity index (χ2v) is 7.30. The predicted octanol–water partition coefficient (Wildman–Crippen LogP) is 2.74. The highest BCUT2D eigenvalue weighted by Gasteiger charge is 2.17. The van der Waals surface area contributed by atoms with E-state index in [-0.39, 0.29) is 11.3 Å². The summed E-state index contributed by atoms with van der Waals surface area (Å²) in [6.45, 7) is 6.94. The van der Waals surface area contributed by atoms with Gasteiger partial charge < -0.3 is 16.0 Å². The minimum atomic E-state index is -1.63. The smallest absolute Gasteiger partial charge is 0.246 e. The second kappa shape index (κ2) is 9.55. The van der Waals surface area contributed by atoms with Crippen LogP contribution in [-0.4, -0.2) is 42.5 Å². The molecule has 0 radical (unpaired) electrons. The molecular formula is C16H23F3N4OS. The number of halogens is 3. The van der Waals surface area contributed by atoms with Crippen molar-refractivity contribution in [3.05, 3.63) is 29.6 Å². The molecule has 140 valence electrons. The third-order valence-electron chi connectivity index (χ3n) is 3.27. The van der Waals surface area contributed by atoms with E-state index >= 15 is 0 Å². The zero-order valence-corrected chi connectivity index (χ0v) is 15.5. The number of guanidine groups is 1. The van der Waals surface area contributed by atoms with Crippen LogP contribution in [0.1, 0.15) is 20.8 Å². The lowest BCUT2D eigenvalue weighted by atomic mass is 10.2. The number of amides is 1. The standard InChI is InChI=1S/C16H23F3N4OS/c1-5-20-15(22-9-16(2,3)25-4)21-8-12(24)23-11-7-6-10(17)13(18)14(11)19/h6-7H,5,8-9H2,1-4H3,(H,23,24)(H2,20,21,22). The Morgan fingerprint density at radius 3 is 2.48 bits per heavy atom. The van der Waals surface area contributed by atoms with E-state index in [1.54, 1.807) is 11.8 Å². The van der Waals surface area contributed by atoms with Crippen LogP contribution < -0.4 is 16.0 Å². The van der Waals surface area contributed by atoms with Crippen molar-refractivity contribution in [2.75, 3.05) is 31.2 Å². The molecule has 5 nitrogen and oxygen atoms in total. The number of nitrogens with one attached hydrogen (secondary N) is 3. The van der Waals surface area contributed by atoms with Crippen LogP contribution in [0.3, 0.4) is 0 Å². The van der Waals surface area contributed by atoms with Gasteiger partial charge in [0.2, 0.25) is 5.91 Å². The van der Waals surface area contributed by atoms with Gasteiger partial charge in [0, 0.05) is 17.8 Å². The first-order valence-corrected chi connectivity index (χ1v) is 8.93. The summed E-state index contributed by atoms with van der Waals surface area (Å²) in [4.78, 5) is 16.0. The quantitative estimate of drug-likeness (QED) is 0.389. The van der Waals surface area contributed by atoms with Gasteiger partial charge in [0.1, 0.15) is 6.54 Å². The first kappa shape index (κ1) is 21.1. The molecule has 0 aliphatic heterocycles. The van der Waals surface area contributed by atoms with Crippen LogP contribution in [0.5, 0.6) is 0 Å². The molecule has 0 saturated carbocycles. The number of anilines is 1. The summed E-state index contributed by atoms with van der Waals surface area (Å²) in [6, 6.07) is 1.70. The molecule has 0 aliphatic rings. The second-order valence-electron chi connectivity index (χ2n) is 5.78. The molecule has 0 unspecified atom stereocenters. The van der Waals surface area contributed by atoms with Gasteiger partial charge in [-0.25, -0.2) is 18.2 Å². The number of aliphatic imine (C=N–C) groups is 1. The van der Waals surface area contributed by atoms with Gasteiger partial charge in [0.05, 0.1) is 5.69 Å². The molecule has 3 N–H and O–H groups in total. The molecule has 1 rings (SSSR count). The van der Waals surface area contributed by atoms with Gasteiger partial charge in [-0.1, -0.05) is 0 Å². The number of carbonyl (C=O) groups excluding carboxylic acids is 1. The van der Waals surface area contributed by atoms with Crippen molar-refractivity contribution in [3.63, 3.8) is 0 Å². The summed E-state index contributed by atoms with van der Waals surface area (Å²) >= 11 is 1.69. The molecule has 0 fully saturated rings. The first-order valence-electron chi connectivity index (χ1n) is 7.71. The average Bonchev–Trinajstić information content (AvgIpc) is 2.58. The van der Waals surface area contributed by atoms with Gasteiger partial charge in [-0.3, -0.25) is 4.79 Å². The summed E-state index contributed by atoms with van der Waals surface area (Å²) in [5.74, 6) is -4.60. The van der Waals surface area contributed by atoms with E-state index in [1.165, 1.54) is 0 Å². The molecule has 0 bridgehead atoms. The summed E-state index contributed by atoms with van der Waals surface area (Å²) < 4.78 is 39.5. The molecule has 0 aromatic heterocycles. The number of rotatable bonds is 7. The van der Waals surface area contributed by atoms with Gasteiger partial charge >= 0.3 is 0 Å². The van der Waals surface area contributed by atoms with Crippen LogP contribution in [0.25, 0.3) is 0 Å². The SMILES string of the molecule is CCNC(=NCC(=O)Nc1ccc(F)c(F)c1F)NCC(C)(C)SC. The molecular weight excluding hydrogens is 353 g/mol. The Bertz CT molecular complexity index is 638. The lowest BCUT2D eigenvalue weighted by molar-refractivity contribution is -0.114. The highest BCUT2D eigenvalue weighted by Crippen LogP contribution is 2.20. The van der Waals surface area contributed by atoms with Crippen molar-refractivity contribution in [3.8, 4) is 0 Å². The molecule has 0 spiro atoms. The summed E-state index contributed by atoms with van der Waals surface area (Å²) in [5.41, 5.74) is -0.430. The number of hydrogen-bond acceptors (Lipinski definition) is 3. The molecule has 0 atom stereocenters. The van der Waals surface area contributed by atoms with E-state index in [0.717, 1.165) is 12.1 Å². The van der Waals surface area contributed by atoms with Gasteiger partial charge in [0.25, 0.3) is 0 Å². The molecule has 0 heterocycles. The minimum Gasteiger partial charge on any atom is -0.357 e. The number of nitrogens with zero attached hydrogens (tertiary/aromatic N) is 1. The normalized spacial score (nSPS) is 12.0. The topological polar surface area (TPSA) is 65.5 Å². The van der Waals surface area contributed by atoms with Crippen molar-refractivity contribution in [1.82, 2.24) is 10.6 Å². The number of thioether (sulfide) groups is 1. The maximum Gasteiger partial charge on any atom is 0.246 e. The maximum atomic E-state index is 13.5. The van der Waals surface area contributed by atoms with Gasteiger partial charge in [-0.15, -0.1) is 0 Å². The monoisotopic (exact) mass is 376 g/mol. The largest absolute Gasteiger partial charge is 0.357 e. The van der Waals surface area contributed by atoms with E-state index < -0.39 is 29.0 Å². The van der Waals surface area contributed by atoms with E-state index in [2.05, 4.69) is 34.8 Å². The Morgan fingerprint density at radius 1 is 1.20 bits per heavy atom. The van der Waals surface area contributed by atoms with Crippen LogP contribution in [0.2, 0.25) is 0 Å². The Morgan fingerprint density at radius 2 is 1.88 bits per heavy atom. The van der Waals surface area contributed by atoms with Crippen LogP contribution in [0.15, 0.2) is 17.1 Å². The van der Waals surface area contributed by atoms with E-state index in [9.17, 15) is 18.0 Å². The number of benzene rings is 1. The van der Waals surface area contributed by atoms with E-state index in [1.807, 2.05) is 13.2 Å². The lowest BCUT2D eigenvalue weighted by Crippen LogP contribution is -2.43. The minimum absolute atomic E-state index is 0.0206. The highest BCUT2D eigenvalue weighted by molar-refractivity contribution is 7.99. The first-order chi connectivity index (χ1) is 11.7. The molecule has 1 aromatic carbocycles. The Hall–Kier alpha value is -1.90. The predicted molar refractivity (Wildman–Crippen MR) is 96.5 cm³/mol. The fourth-order valence-corrected chi connectivity index (χ4v) is 1.89. The van der Waals surface area contributed by atoms with E-state index in [0.29, 0.717) is 19.0 Å². The Labute approximate surface area is 149 Å². The zero-order chi connectivity index (χ0) is 19.0. The van der Waals surface area contributed by atoms with E-state index in [4.69, 9.17) is 0 Å². The fraction of sp³-hybridized carbons (Fsp3) is 0.500.